The van der Waals surface area contributed by atoms with Crippen LogP contribution in [0.4, 0.5) is 9.52 Å². The molecule has 4 rings (SSSR count). The van der Waals surface area contributed by atoms with E-state index in [0.717, 1.165) is 57.2 Å². The number of thiazole rings is 1. The lowest BCUT2D eigenvalue weighted by molar-refractivity contribution is 0.245. The van der Waals surface area contributed by atoms with Gasteiger partial charge in [0.2, 0.25) is 0 Å². The number of anilines is 1. The van der Waals surface area contributed by atoms with Gasteiger partial charge in [-0.05, 0) is 38.1 Å². The van der Waals surface area contributed by atoms with Crippen LogP contribution in [0.5, 0.6) is 0 Å². The second kappa shape index (κ2) is 9.28. The van der Waals surface area contributed by atoms with Crippen LogP contribution in [0.25, 0.3) is 0 Å². The summed E-state index contributed by atoms with van der Waals surface area (Å²) in [7, 11) is 0. The summed E-state index contributed by atoms with van der Waals surface area (Å²) < 4.78 is 14.6. The second-order valence-corrected chi connectivity index (χ2v) is 8.66. The topological polar surface area (TPSA) is 61.0 Å². The molecular formula is C20H26ClFN6S. The van der Waals surface area contributed by atoms with Crippen LogP contribution in [0.3, 0.4) is 0 Å². The average molecular weight is 437 g/mol. The highest BCUT2D eigenvalue weighted by Gasteiger charge is 2.28. The largest absolute Gasteiger partial charge is 0.370 e. The Labute approximate surface area is 179 Å². The molecule has 1 unspecified atom stereocenters. The number of likely N-dealkylation sites (tertiary alicyclic amines) is 1. The number of nitrogens with two attached hydrogens (primary N) is 1. The third-order valence-corrected chi connectivity index (χ3v) is 6.80. The maximum absolute atomic E-state index is 14.6. The SMILES string of the molecule is NC(=NCC(c1c(F)cccc1Cl)N1CCCC1)N1CCN(c2nccs2)CC1. The monoisotopic (exact) mass is 436 g/mol. The van der Waals surface area contributed by atoms with Gasteiger partial charge in [0.15, 0.2) is 11.1 Å². The third kappa shape index (κ3) is 4.65. The molecule has 0 saturated carbocycles. The summed E-state index contributed by atoms with van der Waals surface area (Å²) in [6, 6.07) is 4.66. The minimum absolute atomic E-state index is 0.193. The highest BCUT2D eigenvalue weighted by molar-refractivity contribution is 7.13. The lowest BCUT2D eigenvalue weighted by atomic mass is 10.0. The summed E-state index contributed by atoms with van der Waals surface area (Å²) in [4.78, 5) is 15.7. The number of hydrogen-bond donors (Lipinski definition) is 1. The van der Waals surface area contributed by atoms with Gasteiger partial charge in [-0.2, -0.15) is 0 Å². The zero-order valence-corrected chi connectivity index (χ0v) is 17.9. The molecule has 2 N–H and O–H groups in total. The van der Waals surface area contributed by atoms with E-state index in [1.807, 2.05) is 11.6 Å². The number of aromatic nitrogens is 1. The van der Waals surface area contributed by atoms with Crippen molar-refractivity contribution in [3.63, 3.8) is 0 Å². The van der Waals surface area contributed by atoms with Gasteiger partial charge in [-0.15, -0.1) is 11.3 Å². The average Bonchev–Trinajstić information content (AvgIpc) is 3.44. The molecule has 9 heteroatoms. The molecule has 0 radical (unpaired) electrons. The highest BCUT2D eigenvalue weighted by atomic mass is 35.5. The van der Waals surface area contributed by atoms with Crippen molar-refractivity contribution >= 4 is 34.0 Å². The Morgan fingerprint density at radius 2 is 1.97 bits per heavy atom. The Hall–Kier alpha value is -1.90. The lowest BCUT2D eigenvalue weighted by Crippen LogP contribution is -2.51. The van der Waals surface area contributed by atoms with Gasteiger partial charge in [-0.1, -0.05) is 17.7 Å². The van der Waals surface area contributed by atoms with Gasteiger partial charge in [0.05, 0.1) is 12.6 Å². The van der Waals surface area contributed by atoms with Crippen molar-refractivity contribution in [3.8, 4) is 0 Å². The normalized spacial score (nSPS) is 19.7. The highest BCUT2D eigenvalue weighted by Crippen LogP contribution is 2.32. The van der Waals surface area contributed by atoms with Crippen LogP contribution < -0.4 is 10.6 Å². The van der Waals surface area contributed by atoms with Gasteiger partial charge in [0, 0.05) is 48.3 Å². The van der Waals surface area contributed by atoms with Gasteiger partial charge < -0.3 is 15.5 Å². The molecule has 6 nitrogen and oxygen atoms in total. The molecule has 29 heavy (non-hydrogen) atoms. The summed E-state index contributed by atoms with van der Waals surface area (Å²) in [5, 5.41) is 3.49. The van der Waals surface area contributed by atoms with Crippen LogP contribution in [0, 0.1) is 5.82 Å². The van der Waals surface area contributed by atoms with Gasteiger partial charge in [0.1, 0.15) is 5.82 Å². The summed E-state index contributed by atoms with van der Waals surface area (Å²) in [6.45, 7) is 5.57. The first-order valence-corrected chi connectivity index (χ1v) is 11.3. The van der Waals surface area contributed by atoms with Crippen molar-refractivity contribution in [2.45, 2.75) is 18.9 Å². The van der Waals surface area contributed by atoms with E-state index in [4.69, 9.17) is 17.3 Å². The van der Waals surface area contributed by atoms with E-state index in [1.54, 1.807) is 23.5 Å². The van der Waals surface area contributed by atoms with Crippen LogP contribution in [-0.4, -0.2) is 66.6 Å². The van der Waals surface area contributed by atoms with Gasteiger partial charge in [-0.25, -0.2) is 9.37 Å². The summed E-state index contributed by atoms with van der Waals surface area (Å²) in [6.07, 6.45) is 4.05. The van der Waals surface area contributed by atoms with Crippen molar-refractivity contribution in [3.05, 3.63) is 46.2 Å². The maximum Gasteiger partial charge on any atom is 0.191 e. The smallest absolute Gasteiger partial charge is 0.191 e. The standard InChI is InChI=1S/C20H26ClFN6S/c21-15-4-3-5-16(22)18(15)17(26-7-1-2-8-26)14-25-19(23)27-9-11-28(12-10-27)20-24-6-13-29-20/h3-6,13,17H,1-2,7-12,14H2,(H2,23,25). The lowest BCUT2D eigenvalue weighted by Gasteiger charge is -2.35. The van der Waals surface area contributed by atoms with Crippen LogP contribution in [0.2, 0.25) is 5.02 Å². The van der Waals surface area contributed by atoms with E-state index in [-0.39, 0.29) is 11.9 Å². The van der Waals surface area contributed by atoms with Crippen molar-refractivity contribution in [1.82, 2.24) is 14.8 Å². The fourth-order valence-electron chi connectivity index (χ4n) is 4.05. The van der Waals surface area contributed by atoms with E-state index < -0.39 is 0 Å². The molecule has 3 heterocycles. The Balaban J connectivity index is 1.44. The van der Waals surface area contributed by atoms with Crippen LogP contribution >= 0.6 is 22.9 Å². The molecule has 0 spiro atoms. The number of rotatable bonds is 5. The van der Waals surface area contributed by atoms with Gasteiger partial charge in [-0.3, -0.25) is 9.89 Å². The van der Waals surface area contributed by atoms with Crippen molar-refractivity contribution in [1.29, 1.82) is 0 Å². The number of piperazine rings is 1. The quantitative estimate of drug-likeness (QED) is 0.576. The number of hydrogen-bond acceptors (Lipinski definition) is 5. The van der Waals surface area contributed by atoms with Crippen molar-refractivity contribution in [2.75, 3.05) is 50.7 Å². The van der Waals surface area contributed by atoms with Crippen molar-refractivity contribution < 1.29 is 4.39 Å². The first-order chi connectivity index (χ1) is 14.1. The minimum atomic E-state index is -0.278. The molecule has 1 aromatic carbocycles. The molecular weight excluding hydrogens is 411 g/mol. The predicted octanol–water partition coefficient (Wildman–Crippen LogP) is 3.21. The molecule has 1 aromatic heterocycles. The Morgan fingerprint density at radius 3 is 2.62 bits per heavy atom. The molecule has 2 aromatic rings. The van der Waals surface area contributed by atoms with E-state index in [1.165, 1.54) is 6.07 Å². The van der Waals surface area contributed by atoms with E-state index in [9.17, 15) is 4.39 Å². The molecule has 0 amide bonds. The Morgan fingerprint density at radius 1 is 1.21 bits per heavy atom. The second-order valence-electron chi connectivity index (χ2n) is 7.38. The number of guanidine groups is 1. The third-order valence-electron chi connectivity index (χ3n) is 5.63. The van der Waals surface area contributed by atoms with E-state index >= 15 is 0 Å². The number of aliphatic imine (C=N–C) groups is 1. The fourth-order valence-corrected chi connectivity index (χ4v) is 5.04. The molecule has 2 fully saturated rings. The Kier molecular flexibility index (Phi) is 6.52. The minimum Gasteiger partial charge on any atom is -0.370 e. The molecule has 156 valence electrons. The number of nitrogens with zero attached hydrogens (tertiary/aromatic N) is 5. The van der Waals surface area contributed by atoms with Crippen LogP contribution in [0.1, 0.15) is 24.4 Å². The molecule has 0 bridgehead atoms. The molecule has 1 atom stereocenters. The zero-order chi connectivity index (χ0) is 20.2. The maximum atomic E-state index is 14.6. The van der Waals surface area contributed by atoms with Gasteiger partial charge >= 0.3 is 0 Å². The van der Waals surface area contributed by atoms with Crippen molar-refractivity contribution in [2.24, 2.45) is 10.7 Å². The summed E-state index contributed by atoms with van der Waals surface area (Å²) in [5.41, 5.74) is 6.84. The first kappa shape index (κ1) is 20.4. The van der Waals surface area contributed by atoms with Crippen LogP contribution in [-0.2, 0) is 0 Å². The molecule has 2 aliphatic rings. The number of halogens is 2. The Bertz CT molecular complexity index is 811. The molecule has 2 aliphatic heterocycles. The summed E-state index contributed by atoms with van der Waals surface area (Å²) >= 11 is 8.01. The fraction of sp³-hybridized carbons (Fsp3) is 0.500. The summed E-state index contributed by atoms with van der Waals surface area (Å²) in [5.74, 6) is 0.237. The molecule has 0 aliphatic carbocycles. The van der Waals surface area contributed by atoms with Gasteiger partial charge in [0.25, 0.3) is 0 Å². The first-order valence-electron chi connectivity index (χ1n) is 10.0. The zero-order valence-electron chi connectivity index (χ0n) is 16.3. The molecule has 2 saturated heterocycles. The van der Waals surface area contributed by atoms with Crippen LogP contribution in [0.15, 0.2) is 34.8 Å². The van der Waals surface area contributed by atoms with E-state index in [2.05, 4.69) is 24.7 Å². The van der Waals surface area contributed by atoms with E-state index in [0.29, 0.717) is 23.1 Å². The predicted molar refractivity (Wildman–Crippen MR) is 117 cm³/mol. The number of benzene rings is 1.